The van der Waals surface area contributed by atoms with Gasteiger partial charge in [-0.2, -0.15) is 0 Å². The molecule has 1 saturated heterocycles. The van der Waals surface area contributed by atoms with Crippen molar-refractivity contribution in [3.63, 3.8) is 0 Å². The molecule has 3 aromatic carbocycles. The Labute approximate surface area is 206 Å². The summed E-state index contributed by atoms with van der Waals surface area (Å²) in [5, 5.41) is 2.73. The van der Waals surface area contributed by atoms with Gasteiger partial charge in [-0.05, 0) is 54.8 Å². The van der Waals surface area contributed by atoms with Gasteiger partial charge >= 0.3 is 6.03 Å². The highest BCUT2D eigenvalue weighted by atomic mass is 35.5. The number of urea groups is 1. The van der Waals surface area contributed by atoms with Crippen molar-refractivity contribution >= 4 is 44.8 Å². The molecule has 1 aliphatic rings. The third kappa shape index (κ3) is 5.19. The van der Waals surface area contributed by atoms with Crippen molar-refractivity contribution < 1.29 is 22.0 Å². The Balaban J connectivity index is 1.41. The van der Waals surface area contributed by atoms with Gasteiger partial charge in [0.05, 0.1) is 15.8 Å². The number of carbonyl (C=O) groups is 1. The number of sulfone groups is 1. The van der Waals surface area contributed by atoms with E-state index in [1.165, 1.54) is 4.90 Å². The molecule has 34 heavy (non-hydrogen) atoms. The van der Waals surface area contributed by atoms with Crippen molar-refractivity contribution in [2.24, 2.45) is 0 Å². The Morgan fingerprint density at radius 3 is 2.24 bits per heavy atom. The van der Waals surface area contributed by atoms with Gasteiger partial charge in [-0.1, -0.05) is 41.4 Å². The van der Waals surface area contributed by atoms with E-state index in [0.717, 1.165) is 23.3 Å². The molecule has 0 unspecified atom stereocenters. The summed E-state index contributed by atoms with van der Waals surface area (Å²) in [5.41, 5.74) is 1.37. The first-order valence-corrected chi connectivity index (χ1v) is 12.8. The molecule has 5 nitrogen and oxygen atoms in total. The zero-order chi connectivity index (χ0) is 24.5. The summed E-state index contributed by atoms with van der Waals surface area (Å²) in [4.78, 5) is 14.0. The normalized spacial score (nSPS) is 14.8. The second-order valence-electron chi connectivity index (χ2n) is 7.93. The minimum atomic E-state index is -3.61. The molecule has 1 heterocycles. The quantitative estimate of drug-likeness (QED) is 0.428. The number of hydrogen-bond donors (Lipinski definition) is 1. The van der Waals surface area contributed by atoms with E-state index in [2.05, 4.69) is 5.32 Å². The van der Waals surface area contributed by atoms with Gasteiger partial charge in [-0.15, -0.1) is 0 Å². The van der Waals surface area contributed by atoms with Gasteiger partial charge in [-0.25, -0.2) is 22.0 Å². The number of amides is 2. The number of nitrogens with one attached hydrogen (secondary N) is 1. The fourth-order valence-corrected chi connectivity index (χ4v) is 6.14. The van der Waals surface area contributed by atoms with Gasteiger partial charge < -0.3 is 10.2 Å². The maximum atomic E-state index is 13.8. The number of likely N-dealkylation sites (tertiary alicyclic amines) is 1. The van der Waals surface area contributed by atoms with Crippen LogP contribution in [0.4, 0.5) is 19.3 Å². The van der Waals surface area contributed by atoms with Gasteiger partial charge in [0, 0.05) is 34.8 Å². The third-order valence-corrected chi connectivity index (χ3v) is 8.59. The van der Waals surface area contributed by atoms with Crippen LogP contribution in [0.2, 0.25) is 10.0 Å². The second-order valence-corrected chi connectivity index (χ2v) is 11.0. The number of carbonyl (C=O) groups excluding carboxylic acids is 1. The maximum Gasteiger partial charge on any atom is 0.321 e. The van der Waals surface area contributed by atoms with Crippen LogP contribution >= 0.6 is 23.2 Å². The number of benzene rings is 3. The molecule has 178 valence electrons. The molecule has 4 rings (SSSR count). The van der Waals surface area contributed by atoms with Crippen molar-refractivity contribution in [2.45, 2.75) is 23.0 Å². The summed E-state index contributed by atoms with van der Waals surface area (Å²) in [6.45, 7) is 0.383. The van der Waals surface area contributed by atoms with Crippen molar-refractivity contribution in [3.05, 3.63) is 82.3 Å². The second kappa shape index (κ2) is 9.90. The van der Waals surface area contributed by atoms with E-state index in [1.54, 1.807) is 42.5 Å². The highest BCUT2D eigenvalue weighted by Crippen LogP contribution is 2.32. The number of halogens is 4. The van der Waals surface area contributed by atoms with Crippen LogP contribution in [-0.2, 0) is 9.84 Å². The first kappa shape index (κ1) is 24.4. The van der Waals surface area contributed by atoms with E-state index in [1.807, 2.05) is 0 Å². The maximum absolute atomic E-state index is 13.8. The van der Waals surface area contributed by atoms with E-state index in [0.29, 0.717) is 16.1 Å². The molecule has 2 amide bonds. The lowest BCUT2D eigenvalue weighted by atomic mass is 10.1. The highest BCUT2D eigenvalue weighted by molar-refractivity contribution is 7.92. The van der Waals surface area contributed by atoms with Gasteiger partial charge in [0.15, 0.2) is 9.84 Å². The molecule has 1 fully saturated rings. The van der Waals surface area contributed by atoms with Crippen LogP contribution in [0.15, 0.2) is 65.6 Å². The van der Waals surface area contributed by atoms with E-state index in [-0.39, 0.29) is 36.5 Å². The van der Waals surface area contributed by atoms with E-state index >= 15 is 0 Å². The van der Waals surface area contributed by atoms with Crippen molar-refractivity contribution in [3.8, 4) is 11.1 Å². The van der Waals surface area contributed by atoms with Crippen molar-refractivity contribution in [2.75, 3.05) is 18.4 Å². The van der Waals surface area contributed by atoms with Crippen molar-refractivity contribution in [1.82, 2.24) is 4.90 Å². The molecule has 0 atom stereocenters. The fraction of sp³-hybridized carbons (Fsp3) is 0.208. The summed E-state index contributed by atoms with van der Waals surface area (Å²) in [6, 6.07) is 13.9. The molecule has 0 spiro atoms. The van der Waals surface area contributed by atoms with Crippen LogP contribution in [0.5, 0.6) is 0 Å². The minimum Gasteiger partial charge on any atom is -0.324 e. The van der Waals surface area contributed by atoms with Crippen LogP contribution in [0.1, 0.15) is 12.8 Å². The molecule has 1 aliphatic heterocycles. The Morgan fingerprint density at radius 1 is 0.941 bits per heavy atom. The van der Waals surface area contributed by atoms with Gasteiger partial charge in [-0.3, -0.25) is 0 Å². The van der Waals surface area contributed by atoms with Crippen LogP contribution in [0, 0.1) is 11.6 Å². The first-order valence-electron chi connectivity index (χ1n) is 10.5. The average molecular weight is 525 g/mol. The molecular weight excluding hydrogens is 505 g/mol. The monoisotopic (exact) mass is 524 g/mol. The number of nitrogens with zero attached hydrogens (tertiary/aromatic N) is 1. The Morgan fingerprint density at radius 2 is 1.62 bits per heavy atom. The number of piperidine rings is 1. The molecule has 0 aliphatic carbocycles. The topological polar surface area (TPSA) is 66.5 Å². The van der Waals surface area contributed by atoms with Crippen LogP contribution < -0.4 is 5.32 Å². The summed E-state index contributed by atoms with van der Waals surface area (Å²) >= 11 is 12.2. The van der Waals surface area contributed by atoms with E-state index in [9.17, 15) is 22.0 Å². The molecule has 0 bridgehead atoms. The molecule has 1 N–H and O–H groups in total. The zero-order valence-corrected chi connectivity index (χ0v) is 20.1. The number of hydrogen-bond acceptors (Lipinski definition) is 3. The molecule has 10 heteroatoms. The predicted octanol–water partition coefficient (Wildman–Crippen LogP) is 6.41. The smallest absolute Gasteiger partial charge is 0.321 e. The SMILES string of the molecule is O=C(Nc1ccc(F)cc1F)N1CCC(S(=O)(=O)c2ccc(-c3ccc(Cl)cc3Cl)cc2)CC1. The average Bonchev–Trinajstić information content (AvgIpc) is 2.81. The minimum absolute atomic E-state index is 0.137. The summed E-state index contributed by atoms with van der Waals surface area (Å²) < 4.78 is 53.1. The van der Waals surface area contributed by atoms with Gasteiger partial charge in [0.2, 0.25) is 0 Å². The standard InChI is InChI=1S/C24H20Cl2F2N2O3S/c25-16-3-7-20(21(26)13-16)15-1-5-18(6-2-15)34(32,33)19-9-11-30(12-10-19)24(31)29-23-8-4-17(27)14-22(23)28/h1-8,13-14,19H,9-12H2,(H,29,31). The van der Waals surface area contributed by atoms with Crippen molar-refractivity contribution in [1.29, 1.82) is 0 Å². The first-order chi connectivity index (χ1) is 16.1. The summed E-state index contributed by atoms with van der Waals surface area (Å²) in [7, 11) is -3.61. The Bertz CT molecular complexity index is 1330. The van der Waals surface area contributed by atoms with Crippen LogP contribution in [0.3, 0.4) is 0 Å². The molecule has 0 radical (unpaired) electrons. The number of anilines is 1. The van der Waals surface area contributed by atoms with Gasteiger partial charge in [0.25, 0.3) is 0 Å². The van der Waals surface area contributed by atoms with E-state index in [4.69, 9.17) is 23.2 Å². The molecule has 0 saturated carbocycles. The lowest BCUT2D eigenvalue weighted by Gasteiger charge is -2.31. The van der Waals surface area contributed by atoms with Gasteiger partial charge in [0.1, 0.15) is 11.6 Å². The lowest BCUT2D eigenvalue weighted by molar-refractivity contribution is 0.200. The third-order valence-electron chi connectivity index (χ3n) is 5.77. The highest BCUT2D eigenvalue weighted by Gasteiger charge is 2.33. The zero-order valence-electron chi connectivity index (χ0n) is 17.8. The van der Waals surface area contributed by atoms with E-state index < -0.39 is 32.8 Å². The molecule has 0 aromatic heterocycles. The summed E-state index contributed by atoms with van der Waals surface area (Å²) in [6.07, 6.45) is 0.485. The Kier molecular flexibility index (Phi) is 7.12. The van der Waals surface area contributed by atoms with Crippen LogP contribution in [-0.4, -0.2) is 37.7 Å². The Hall–Kier alpha value is -2.68. The molecular formula is C24H20Cl2F2N2O3S. The fourth-order valence-electron chi connectivity index (χ4n) is 3.89. The predicted molar refractivity (Wildman–Crippen MR) is 129 cm³/mol. The summed E-state index contributed by atoms with van der Waals surface area (Å²) in [5.74, 6) is -1.63. The van der Waals surface area contributed by atoms with Crippen LogP contribution in [0.25, 0.3) is 11.1 Å². The largest absolute Gasteiger partial charge is 0.324 e. The number of rotatable bonds is 4. The molecule has 3 aromatic rings. The lowest BCUT2D eigenvalue weighted by Crippen LogP contribution is -2.44.